The molecule has 0 aliphatic rings. The van der Waals surface area contributed by atoms with E-state index < -0.39 is 53.9 Å². The van der Waals surface area contributed by atoms with E-state index in [0.29, 0.717) is 110 Å². The van der Waals surface area contributed by atoms with E-state index in [1.165, 1.54) is 57.8 Å². The summed E-state index contributed by atoms with van der Waals surface area (Å²) in [6.07, 6.45) is 73.9. The molecule has 0 aromatic carbocycles. The van der Waals surface area contributed by atoms with Gasteiger partial charge < -0.3 is 37.0 Å². The van der Waals surface area contributed by atoms with E-state index in [1.807, 2.05) is 0 Å². The average Bonchev–Trinajstić information content (AvgIpc) is 0.898. The first-order valence-corrected chi connectivity index (χ1v) is 42.5. The molecule has 20 nitrogen and oxygen atoms in total. The molecule has 0 aliphatic carbocycles. The zero-order chi connectivity index (χ0) is 79.8. The summed E-state index contributed by atoms with van der Waals surface area (Å²) < 4.78 is 0. The number of nitrogens with zero attached hydrogens (tertiary/aromatic N) is 3. The van der Waals surface area contributed by atoms with Crippen LogP contribution in [0.25, 0.3) is 10.4 Å². The summed E-state index contributed by atoms with van der Waals surface area (Å²) >= 11 is 0. The van der Waals surface area contributed by atoms with E-state index in [-0.39, 0.29) is 87.2 Å². The summed E-state index contributed by atoms with van der Waals surface area (Å²) in [4.78, 5) is 134. The maximum Gasteiger partial charge on any atom is 0.303 e. The molecule has 0 heterocycles. The van der Waals surface area contributed by atoms with Crippen LogP contribution in [0.2, 0.25) is 0 Å². The van der Waals surface area contributed by atoms with E-state index in [2.05, 4.69) is 172 Å². The van der Waals surface area contributed by atoms with Gasteiger partial charge in [0.05, 0.1) is 24.5 Å². The summed E-state index contributed by atoms with van der Waals surface area (Å²) in [5, 5.41) is 30.2. The highest BCUT2D eigenvalue weighted by molar-refractivity contribution is 5.95. The third-order valence-electron chi connectivity index (χ3n) is 18.5. The number of rotatable bonds is 77. The number of nitrogens with one attached hydrogen (secondary N) is 6. The molecular formula is C89H147N9O11. The highest BCUT2D eigenvalue weighted by atomic mass is 16.4. The normalized spacial score (nSPS) is 12.7. The van der Waals surface area contributed by atoms with Crippen LogP contribution < -0.4 is 31.9 Å². The third-order valence-corrected chi connectivity index (χ3v) is 18.5. The van der Waals surface area contributed by atoms with Crippen molar-refractivity contribution >= 4 is 58.8 Å². The summed E-state index contributed by atoms with van der Waals surface area (Å²) in [6.45, 7) is 8.20. The van der Waals surface area contributed by atoms with Crippen LogP contribution in [0.1, 0.15) is 348 Å². The van der Waals surface area contributed by atoms with Gasteiger partial charge in [-0.15, -0.1) is 0 Å². The molecule has 0 saturated heterocycles. The van der Waals surface area contributed by atoms with Crippen molar-refractivity contribution in [1.82, 2.24) is 31.9 Å². The number of amides is 6. The zero-order valence-electron chi connectivity index (χ0n) is 67.9. The quantitative estimate of drug-likeness (QED) is 0.00987. The van der Waals surface area contributed by atoms with Gasteiger partial charge in [-0.1, -0.05) is 199 Å². The molecule has 614 valence electrons. The number of unbranched alkanes of at least 4 members (excludes halogenated alkanes) is 22. The van der Waals surface area contributed by atoms with Crippen LogP contribution in [0.4, 0.5) is 0 Å². The number of carboxylic acid groups (broad SMARTS) is 1. The molecule has 6 amide bonds. The first-order valence-electron chi connectivity index (χ1n) is 42.5. The Balaban J connectivity index is 5.76. The maximum atomic E-state index is 14.1. The Morgan fingerprint density at radius 1 is 0.294 bits per heavy atom. The van der Waals surface area contributed by atoms with Crippen LogP contribution >= 0.6 is 0 Å². The van der Waals surface area contributed by atoms with Gasteiger partial charge in [0.25, 0.3) is 0 Å². The molecule has 3 atom stereocenters. The van der Waals surface area contributed by atoms with Crippen molar-refractivity contribution < 1.29 is 53.1 Å². The molecule has 20 heteroatoms. The van der Waals surface area contributed by atoms with Crippen molar-refractivity contribution in [3.05, 3.63) is 120 Å². The number of carboxylic acids is 1. The van der Waals surface area contributed by atoms with Gasteiger partial charge >= 0.3 is 5.97 Å². The molecular weight excluding hydrogens is 1370 g/mol. The summed E-state index contributed by atoms with van der Waals surface area (Å²) in [5.74, 6) is -4.02. The number of hydrogen-bond donors (Lipinski definition) is 7. The van der Waals surface area contributed by atoms with E-state index >= 15 is 0 Å². The Morgan fingerprint density at radius 2 is 0.550 bits per heavy atom. The van der Waals surface area contributed by atoms with Crippen molar-refractivity contribution in [2.24, 2.45) is 5.11 Å². The van der Waals surface area contributed by atoms with Crippen LogP contribution in [0, 0.1) is 0 Å². The molecule has 0 aliphatic heterocycles. The standard InChI is InChI=1S/C89H147N9O11/c1-4-7-10-13-16-19-22-25-28-31-34-37-40-43-50-63-83(102)91-73-56-47-46-49-60-77(80(99)67-70-88(107)97-79(82(101)69-72-89(108)109)62-55-59-75-93-85(104)65-52-45-42-39-36-33-30-27-24-21-18-15-12-9-6-3)96-87(106)71-68-81(100)78(95-86(105)66-53-48-57-76-94-98-90)61-54-58-74-92-84(103)64-51-44-41-38-35-32-29-26-23-20-17-14-11-8-5-2/h16-21,25-30,34-39,77-79H,4-15,22-24,31-33,40-76H2,1-3H3,(H,91,102)(H,92,103)(H,93,104)(H,95,105)(H,96,106)(H,97,107)(H,108,109)/b19-16-,20-17-,21-18-,28-25-,29-26-,30-27-,37-34-,38-35-,39-36-/t77-,78-,79-/m0/s1. The SMILES string of the molecule is CCCCC/C=C\C/C=C\C/C=C\CCCCC(=O)NCCCCCC[C@H](NC(=O)CCC(=O)[C@H](CCCCNC(=O)CCCC/C=C\C/C=C\C/C=C\CCCCC)NC(=O)CCCCCN=[N+]=[N-])C(=O)CCC(=O)N[C@@H](CCCCNC(=O)CCCC/C=C\C/C=C\C/C=C\CCCCC)C(=O)CCC(=O)O. The van der Waals surface area contributed by atoms with Gasteiger partial charge in [0.15, 0.2) is 17.3 Å². The molecule has 0 spiro atoms. The van der Waals surface area contributed by atoms with Crippen molar-refractivity contribution in [2.75, 3.05) is 26.2 Å². The lowest BCUT2D eigenvalue weighted by Gasteiger charge is -2.20. The molecule has 0 aromatic heterocycles. The molecule has 7 N–H and O–H groups in total. The number of hydrogen-bond acceptors (Lipinski definition) is 11. The maximum absolute atomic E-state index is 14.1. The lowest BCUT2D eigenvalue weighted by molar-refractivity contribution is -0.139. The van der Waals surface area contributed by atoms with Crippen LogP contribution in [-0.4, -0.2) is 108 Å². The number of ketones is 3. The number of carbonyl (C=O) groups excluding carboxylic acids is 9. The number of aliphatic carboxylic acids is 1. The van der Waals surface area contributed by atoms with Gasteiger partial charge in [-0.2, -0.15) is 0 Å². The van der Waals surface area contributed by atoms with Gasteiger partial charge in [-0.3, -0.25) is 47.9 Å². The fourth-order valence-electron chi connectivity index (χ4n) is 11.9. The fraction of sp³-hybridized carbons (Fsp3) is 0.685. The van der Waals surface area contributed by atoms with Gasteiger partial charge in [0.1, 0.15) is 0 Å². The number of carbonyl (C=O) groups is 10. The monoisotopic (exact) mass is 1520 g/mol. The van der Waals surface area contributed by atoms with Crippen LogP contribution in [0.5, 0.6) is 0 Å². The second-order valence-electron chi connectivity index (χ2n) is 28.5. The molecule has 0 unspecified atom stereocenters. The van der Waals surface area contributed by atoms with Crippen molar-refractivity contribution in [1.29, 1.82) is 0 Å². The van der Waals surface area contributed by atoms with Crippen molar-refractivity contribution in [3.63, 3.8) is 0 Å². The minimum atomic E-state index is -1.16. The minimum absolute atomic E-state index is 0.0000299. The van der Waals surface area contributed by atoms with E-state index in [4.69, 9.17) is 5.53 Å². The van der Waals surface area contributed by atoms with E-state index in [1.54, 1.807) is 0 Å². The van der Waals surface area contributed by atoms with E-state index in [0.717, 1.165) is 122 Å². The molecule has 0 saturated carbocycles. The Hall–Kier alpha value is -7.73. The minimum Gasteiger partial charge on any atom is -0.481 e. The predicted molar refractivity (Wildman–Crippen MR) is 446 cm³/mol. The lowest BCUT2D eigenvalue weighted by atomic mass is 9.98. The Kier molecular flexibility index (Phi) is 72.8. The topological polar surface area (TPSA) is 312 Å². The van der Waals surface area contributed by atoms with Gasteiger partial charge in [-0.05, 0) is 205 Å². The van der Waals surface area contributed by atoms with Crippen molar-refractivity contribution in [2.45, 2.75) is 366 Å². The number of azide groups is 1. The van der Waals surface area contributed by atoms with Crippen LogP contribution in [0.3, 0.4) is 0 Å². The van der Waals surface area contributed by atoms with E-state index in [9.17, 15) is 53.1 Å². The molecule has 0 aromatic rings. The first kappa shape index (κ1) is 101. The van der Waals surface area contributed by atoms with Crippen LogP contribution in [0.15, 0.2) is 114 Å². The van der Waals surface area contributed by atoms with Gasteiger partial charge in [-0.25, -0.2) is 0 Å². The highest BCUT2D eigenvalue weighted by Gasteiger charge is 2.26. The molecule has 0 bridgehead atoms. The Bertz CT molecular complexity index is 2760. The molecule has 0 fully saturated rings. The largest absolute Gasteiger partial charge is 0.481 e. The van der Waals surface area contributed by atoms with Crippen LogP contribution in [-0.2, 0) is 47.9 Å². The Labute approximate surface area is 657 Å². The number of Topliss-reactive ketones (excluding diaryl/α,β-unsaturated/α-hetero) is 3. The van der Waals surface area contributed by atoms with Gasteiger partial charge in [0, 0.05) is 88.9 Å². The summed E-state index contributed by atoms with van der Waals surface area (Å²) in [5.41, 5.74) is 8.63. The molecule has 0 radical (unpaired) electrons. The second kappa shape index (κ2) is 78.4. The predicted octanol–water partition coefficient (Wildman–Crippen LogP) is 19.9. The molecule has 0 rings (SSSR count). The second-order valence-corrected chi connectivity index (χ2v) is 28.5. The fourth-order valence-corrected chi connectivity index (χ4v) is 11.9. The summed E-state index contributed by atoms with van der Waals surface area (Å²) in [6, 6.07) is -2.93. The van der Waals surface area contributed by atoms with Gasteiger partial charge in [0.2, 0.25) is 35.4 Å². The lowest BCUT2D eigenvalue weighted by Crippen LogP contribution is -2.44. The third kappa shape index (κ3) is 71.6. The number of allylic oxidation sites excluding steroid dienone is 18. The summed E-state index contributed by atoms with van der Waals surface area (Å²) in [7, 11) is 0. The van der Waals surface area contributed by atoms with Crippen molar-refractivity contribution in [3.8, 4) is 0 Å². The zero-order valence-corrected chi connectivity index (χ0v) is 67.9. The average molecular weight is 1520 g/mol. The Morgan fingerprint density at radius 3 is 0.872 bits per heavy atom. The smallest absolute Gasteiger partial charge is 0.303 e. The molecule has 109 heavy (non-hydrogen) atoms. The first-order chi connectivity index (χ1) is 53.2. The highest BCUT2D eigenvalue weighted by Crippen LogP contribution is 2.15.